The van der Waals surface area contributed by atoms with Crippen molar-refractivity contribution in [2.75, 3.05) is 18.4 Å². The zero-order valence-electron chi connectivity index (χ0n) is 12.3. The van der Waals surface area contributed by atoms with Gasteiger partial charge in [0.2, 0.25) is 0 Å². The Balaban J connectivity index is 0.00000176. The Labute approximate surface area is 140 Å². The van der Waals surface area contributed by atoms with E-state index in [1.165, 1.54) is 4.88 Å². The van der Waals surface area contributed by atoms with Gasteiger partial charge in [0.25, 0.3) is 5.91 Å². The highest BCUT2D eigenvalue weighted by Gasteiger charge is 2.19. The van der Waals surface area contributed by atoms with Gasteiger partial charge in [-0.05, 0) is 50.9 Å². The van der Waals surface area contributed by atoms with E-state index in [1.54, 1.807) is 29.7 Å². The lowest BCUT2D eigenvalue weighted by atomic mass is 9.97. The van der Waals surface area contributed by atoms with Crippen molar-refractivity contribution in [3.8, 4) is 0 Å². The molecule has 0 radical (unpaired) electrons. The van der Waals surface area contributed by atoms with E-state index in [2.05, 4.69) is 20.6 Å². The molecule has 1 aliphatic heterocycles. The van der Waals surface area contributed by atoms with Crippen molar-refractivity contribution in [1.29, 1.82) is 0 Å². The Kier molecular flexibility index (Phi) is 5.88. The van der Waals surface area contributed by atoms with E-state index in [0.29, 0.717) is 16.6 Å². The lowest BCUT2D eigenvalue weighted by Gasteiger charge is -2.20. The van der Waals surface area contributed by atoms with Crippen LogP contribution in [0, 0.1) is 6.92 Å². The van der Waals surface area contributed by atoms with Crippen LogP contribution in [0.3, 0.4) is 0 Å². The van der Waals surface area contributed by atoms with E-state index in [4.69, 9.17) is 0 Å². The molecule has 3 heterocycles. The van der Waals surface area contributed by atoms with Crippen LogP contribution in [-0.2, 0) is 0 Å². The summed E-state index contributed by atoms with van der Waals surface area (Å²) in [4.78, 5) is 22.0. The van der Waals surface area contributed by atoms with Crippen molar-refractivity contribution in [3.63, 3.8) is 0 Å². The molecule has 0 spiro atoms. The predicted molar refractivity (Wildman–Crippen MR) is 91.1 cm³/mol. The Hall–Kier alpha value is -1.50. The third-order valence-electron chi connectivity index (χ3n) is 3.74. The van der Waals surface area contributed by atoms with Gasteiger partial charge in [-0.25, -0.2) is 4.98 Å². The quantitative estimate of drug-likeness (QED) is 0.902. The van der Waals surface area contributed by atoms with Gasteiger partial charge in [0.15, 0.2) is 5.13 Å². The fraction of sp³-hybridized carbons (Fsp3) is 0.400. The maximum Gasteiger partial charge on any atom is 0.259 e. The number of amides is 1. The summed E-state index contributed by atoms with van der Waals surface area (Å²) in [5.74, 6) is 0.418. The van der Waals surface area contributed by atoms with Crippen LogP contribution in [0.25, 0.3) is 0 Å². The van der Waals surface area contributed by atoms with Crippen LogP contribution >= 0.6 is 23.7 Å². The lowest BCUT2D eigenvalue weighted by Crippen LogP contribution is -2.26. The number of hydrogen-bond acceptors (Lipinski definition) is 5. The summed E-state index contributed by atoms with van der Waals surface area (Å²) < 4.78 is 0. The smallest absolute Gasteiger partial charge is 0.259 e. The standard InChI is InChI=1S/C15H18N4OS.ClH/c1-10-12(3-2-6-17-10)14(20)19-15-18-9-13(21-15)11-4-7-16-8-5-11;/h2-3,6,9,11,16H,4-5,7-8H2,1H3,(H,18,19,20);1H. The number of nitrogens with one attached hydrogen (secondary N) is 2. The second-order valence-electron chi connectivity index (χ2n) is 5.18. The molecule has 0 aliphatic carbocycles. The first-order chi connectivity index (χ1) is 10.2. The molecule has 118 valence electrons. The summed E-state index contributed by atoms with van der Waals surface area (Å²) in [6, 6.07) is 3.54. The van der Waals surface area contributed by atoms with Crippen LogP contribution in [0.15, 0.2) is 24.5 Å². The van der Waals surface area contributed by atoms with Gasteiger partial charge in [0.05, 0.1) is 5.56 Å². The number of aromatic nitrogens is 2. The van der Waals surface area contributed by atoms with Crippen LogP contribution in [0.1, 0.15) is 39.7 Å². The van der Waals surface area contributed by atoms with E-state index in [0.717, 1.165) is 31.6 Å². The molecule has 0 bridgehead atoms. The molecule has 1 saturated heterocycles. The minimum atomic E-state index is -0.146. The minimum absolute atomic E-state index is 0. The summed E-state index contributed by atoms with van der Waals surface area (Å²) in [7, 11) is 0. The summed E-state index contributed by atoms with van der Waals surface area (Å²) in [6.07, 6.45) is 5.85. The zero-order chi connectivity index (χ0) is 14.7. The van der Waals surface area contributed by atoms with Gasteiger partial charge in [0, 0.05) is 23.0 Å². The first kappa shape index (κ1) is 16.9. The molecule has 0 atom stereocenters. The highest BCUT2D eigenvalue weighted by atomic mass is 35.5. The Bertz CT molecular complexity index is 640. The molecule has 2 N–H and O–H groups in total. The van der Waals surface area contributed by atoms with Gasteiger partial charge < -0.3 is 5.32 Å². The largest absolute Gasteiger partial charge is 0.317 e. The van der Waals surface area contributed by atoms with Crippen molar-refractivity contribution < 1.29 is 4.79 Å². The Morgan fingerprint density at radius 3 is 2.86 bits per heavy atom. The summed E-state index contributed by atoms with van der Waals surface area (Å²) in [5.41, 5.74) is 1.32. The van der Waals surface area contributed by atoms with Gasteiger partial charge in [-0.3, -0.25) is 15.1 Å². The first-order valence-electron chi connectivity index (χ1n) is 7.13. The molecule has 1 aliphatic rings. The second-order valence-corrected chi connectivity index (χ2v) is 6.24. The number of aryl methyl sites for hydroxylation is 1. The summed E-state index contributed by atoms with van der Waals surface area (Å²) in [6.45, 7) is 3.94. The molecular formula is C15H19ClN4OS. The van der Waals surface area contributed by atoms with Crippen molar-refractivity contribution >= 4 is 34.8 Å². The van der Waals surface area contributed by atoms with Crippen molar-refractivity contribution in [2.24, 2.45) is 0 Å². The molecule has 3 rings (SSSR count). The minimum Gasteiger partial charge on any atom is -0.317 e. The summed E-state index contributed by atoms with van der Waals surface area (Å²) >= 11 is 1.58. The normalized spacial score (nSPS) is 15.1. The molecule has 7 heteroatoms. The maximum absolute atomic E-state index is 12.2. The van der Waals surface area contributed by atoms with Crippen molar-refractivity contribution in [3.05, 3.63) is 40.7 Å². The number of carbonyl (C=O) groups excluding carboxylic acids is 1. The SMILES string of the molecule is Cc1ncccc1C(=O)Nc1ncc(C2CCNCC2)s1.Cl. The summed E-state index contributed by atoms with van der Waals surface area (Å²) in [5, 5.41) is 6.89. The maximum atomic E-state index is 12.2. The van der Waals surface area contributed by atoms with Crippen LogP contribution < -0.4 is 10.6 Å². The molecule has 0 aromatic carbocycles. The van der Waals surface area contributed by atoms with Crippen LogP contribution in [0.4, 0.5) is 5.13 Å². The van der Waals surface area contributed by atoms with Crippen LogP contribution in [0.2, 0.25) is 0 Å². The van der Waals surface area contributed by atoms with E-state index in [-0.39, 0.29) is 18.3 Å². The molecule has 1 amide bonds. The topological polar surface area (TPSA) is 66.9 Å². The highest BCUT2D eigenvalue weighted by Crippen LogP contribution is 2.31. The zero-order valence-corrected chi connectivity index (χ0v) is 14.0. The second kappa shape index (κ2) is 7.67. The molecule has 1 fully saturated rings. The number of pyridine rings is 1. The Morgan fingerprint density at radius 2 is 2.14 bits per heavy atom. The van der Waals surface area contributed by atoms with E-state index < -0.39 is 0 Å². The Morgan fingerprint density at radius 1 is 1.36 bits per heavy atom. The number of thiazole rings is 1. The molecule has 2 aromatic heterocycles. The number of rotatable bonds is 3. The van der Waals surface area contributed by atoms with Crippen molar-refractivity contribution in [2.45, 2.75) is 25.7 Å². The molecule has 22 heavy (non-hydrogen) atoms. The fourth-order valence-electron chi connectivity index (χ4n) is 2.53. The van der Waals surface area contributed by atoms with Gasteiger partial charge in [0.1, 0.15) is 0 Å². The molecule has 2 aromatic rings. The third kappa shape index (κ3) is 3.82. The van der Waals surface area contributed by atoms with Crippen molar-refractivity contribution in [1.82, 2.24) is 15.3 Å². The van der Waals surface area contributed by atoms with E-state index in [9.17, 15) is 4.79 Å². The monoisotopic (exact) mass is 338 g/mol. The molecule has 0 saturated carbocycles. The fourth-order valence-corrected chi connectivity index (χ4v) is 3.51. The first-order valence-corrected chi connectivity index (χ1v) is 7.95. The van der Waals surface area contributed by atoms with Gasteiger partial charge in [-0.15, -0.1) is 23.7 Å². The number of nitrogens with zero attached hydrogens (tertiary/aromatic N) is 2. The molecule has 5 nitrogen and oxygen atoms in total. The third-order valence-corrected chi connectivity index (χ3v) is 4.81. The molecule has 0 unspecified atom stereocenters. The number of halogens is 1. The van der Waals surface area contributed by atoms with Crippen LogP contribution in [0.5, 0.6) is 0 Å². The van der Waals surface area contributed by atoms with Gasteiger partial charge in [-0.1, -0.05) is 0 Å². The van der Waals surface area contributed by atoms with E-state index in [1.807, 2.05) is 13.1 Å². The average molecular weight is 339 g/mol. The predicted octanol–water partition coefficient (Wildman–Crippen LogP) is 2.99. The van der Waals surface area contributed by atoms with Crippen LogP contribution in [-0.4, -0.2) is 29.0 Å². The van der Waals surface area contributed by atoms with Gasteiger partial charge >= 0.3 is 0 Å². The number of carbonyl (C=O) groups is 1. The highest BCUT2D eigenvalue weighted by molar-refractivity contribution is 7.15. The lowest BCUT2D eigenvalue weighted by molar-refractivity contribution is 0.102. The molecular weight excluding hydrogens is 320 g/mol. The number of piperidine rings is 1. The average Bonchev–Trinajstić information content (AvgIpc) is 2.97. The van der Waals surface area contributed by atoms with E-state index >= 15 is 0 Å². The number of anilines is 1. The van der Waals surface area contributed by atoms with Gasteiger partial charge in [-0.2, -0.15) is 0 Å². The number of hydrogen-bond donors (Lipinski definition) is 2.